The van der Waals surface area contributed by atoms with Crippen molar-refractivity contribution in [2.45, 2.75) is 19.9 Å². The molecule has 1 aliphatic heterocycles. The van der Waals surface area contributed by atoms with Crippen molar-refractivity contribution in [1.82, 2.24) is 15.1 Å². The molecule has 1 amide bonds. The minimum Gasteiger partial charge on any atom is -0.417 e. The Morgan fingerprint density at radius 3 is 2.78 bits per heavy atom. The number of carbonyl (C=O) groups is 1. The lowest BCUT2D eigenvalue weighted by Crippen LogP contribution is -2.36. The molecule has 0 saturated carbocycles. The fraction of sp³-hybridized carbons (Fsp3) is 0.308. The Morgan fingerprint density at radius 1 is 1.28 bits per heavy atom. The number of amides is 1. The van der Waals surface area contributed by atoms with Gasteiger partial charge in [-0.2, -0.15) is 0 Å². The third kappa shape index (κ3) is 1.88. The molecule has 0 unspecified atom stereocenters. The molecule has 5 nitrogen and oxygen atoms in total. The second-order valence-corrected chi connectivity index (χ2v) is 4.37. The van der Waals surface area contributed by atoms with E-state index >= 15 is 0 Å². The summed E-state index contributed by atoms with van der Waals surface area (Å²) in [7, 11) is 0. The Kier molecular flexibility index (Phi) is 2.59. The molecule has 0 radical (unpaired) electrons. The van der Waals surface area contributed by atoms with Gasteiger partial charge in [0, 0.05) is 20.0 Å². The van der Waals surface area contributed by atoms with E-state index in [9.17, 15) is 4.79 Å². The molecule has 0 bridgehead atoms. The van der Waals surface area contributed by atoms with Crippen LogP contribution in [0, 0.1) is 6.92 Å². The Balaban J connectivity index is 1.82. The van der Waals surface area contributed by atoms with Crippen molar-refractivity contribution in [3.63, 3.8) is 0 Å². The summed E-state index contributed by atoms with van der Waals surface area (Å²) in [5.41, 5.74) is 2.50. The van der Waals surface area contributed by atoms with Crippen LogP contribution in [0.25, 0.3) is 0 Å². The predicted octanol–water partition coefficient (Wildman–Crippen LogP) is 1.58. The summed E-state index contributed by atoms with van der Waals surface area (Å²) >= 11 is 0. The summed E-state index contributed by atoms with van der Waals surface area (Å²) in [5.74, 6) is 0.299. The first-order chi connectivity index (χ1) is 8.74. The minimum atomic E-state index is -0.190. The summed E-state index contributed by atoms with van der Waals surface area (Å²) in [6.45, 7) is 2.98. The molecule has 1 aromatic heterocycles. The van der Waals surface area contributed by atoms with Crippen LogP contribution >= 0.6 is 0 Å². The summed E-state index contributed by atoms with van der Waals surface area (Å²) in [4.78, 5) is 13.9. The first kappa shape index (κ1) is 11.0. The van der Waals surface area contributed by atoms with Gasteiger partial charge >= 0.3 is 11.8 Å². The van der Waals surface area contributed by atoms with Gasteiger partial charge in [-0.3, -0.25) is 4.79 Å². The van der Waals surface area contributed by atoms with Gasteiger partial charge in [-0.25, -0.2) is 0 Å². The SMILES string of the molecule is Cc1nnc(C(=O)N2CCc3ccccc3C2)o1. The van der Waals surface area contributed by atoms with Crippen molar-refractivity contribution in [1.29, 1.82) is 0 Å². The van der Waals surface area contributed by atoms with E-state index in [0.29, 0.717) is 19.0 Å². The van der Waals surface area contributed by atoms with Gasteiger partial charge in [0.2, 0.25) is 5.89 Å². The molecule has 1 aliphatic rings. The Morgan fingerprint density at radius 2 is 2.06 bits per heavy atom. The maximum atomic E-state index is 12.2. The molecular formula is C13H13N3O2. The van der Waals surface area contributed by atoms with E-state index in [1.165, 1.54) is 11.1 Å². The zero-order valence-corrected chi connectivity index (χ0v) is 10.1. The van der Waals surface area contributed by atoms with Crippen LogP contribution < -0.4 is 0 Å². The van der Waals surface area contributed by atoms with E-state index in [1.807, 2.05) is 18.2 Å². The normalized spacial score (nSPS) is 14.4. The van der Waals surface area contributed by atoms with Gasteiger partial charge in [-0.15, -0.1) is 10.2 Å². The summed E-state index contributed by atoms with van der Waals surface area (Å²) in [6.07, 6.45) is 0.870. The first-order valence-electron chi connectivity index (χ1n) is 5.90. The van der Waals surface area contributed by atoms with Crippen LogP contribution in [0.1, 0.15) is 27.7 Å². The van der Waals surface area contributed by atoms with E-state index in [2.05, 4.69) is 16.3 Å². The Hall–Kier alpha value is -2.17. The molecule has 92 valence electrons. The van der Waals surface area contributed by atoms with Crippen molar-refractivity contribution in [3.8, 4) is 0 Å². The standard InChI is InChI=1S/C13H13N3O2/c1-9-14-15-12(18-9)13(17)16-7-6-10-4-2-3-5-11(10)8-16/h2-5H,6-8H2,1H3. The number of hydrogen-bond acceptors (Lipinski definition) is 4. The number of aromatic nitrogens is 2. The number of fused-ring (bicyclic) bond motifs is 1. The maximum Gasteiger partial charge on any atom is 0.311 e. The Labute approximate surface area is 104 Å². The van der Waals surface area contributed by atoms with Gasteiger partial charge in [0.25, 0.3) is 0 Å². The van der Waals surface area contributed by atoms with E-state index in [1.54, 1.807) is 11.8 Å². The monoisotopic (exact) mass is 243 g/mol. The molecule has 0 aliphatic carbocycles. The number of hydrogen-bond donors (Lipinski definition) is 0. The fourth-order valence-corrected chi connectivity index (χ4v) is 2.19. The molecule has 3 rings (SSSR count). The third-order valence-corrected chi connectivity index (χ3v) is 3.13. The van der Waals surface area contributed by atoms with E-state index in [4.69, 9.17) is 4.42 Å². The molecule has 0 spiro atoms. The predicted molar refractivity (Wildman–Crippen MR) is 63.9 cm³/mol. The first-order valence-corrected chi connectivity index (χ1v) is 5.90. The van der Waals surface area contributed by atoms with Crippen LogP contribution in [0.4, 0.5) is 0 Å². The highest BCUT2D eigenvalue weighted by molar-refractivity contribution is 5.89. The second kappa shape index (κ2) is 4.25. The summed E-state index contributed by atoms with van der Waals surface area (Å²) in [6, 6.07) is 8.17. The zero-order chi connectivity index (χ0) is 12.5. The molecule has 5 heteroatoms. The van der Waals surface area contributed by atoms with Gasteiger partial charge in [-0.1, -0.05) is 24.3 Å². The summed E-state index contributed by atoms with van der Waals surface area (Å²) in [5, 5.41) is 7.45. The molecule has 18 heavy (non-hydrogen) atoms. The van der Waals surface area contributed by atoms with Crippen LogP contribution in [0.15, 0.2) is 28.7 Å². The number of benzene rings is 1. The van der Waals surface area contributed by atoms with Crippen LogP contribution in [-0.4, -0.2) is 27.5 Å². The molecule has 1 aromatic carbocycles. The van der Waals surface area contributed by atoms with Crippen LogP contribution in [0.5, 0.6) is 0 Å². The number of nitrogens with zero attached hydrogens (tertiary/aromatic N) is 3. The number of aryl methyl sites for hydroxylation is 1. The molecule has 2 aromatic rings. The summed E-state index contributed by atoms with van der Waals surface area (Å²) < 4.78 is 5.17. The average molecular weight is 243 g/mol. The lowest BCUT2D eigenvalue weighted by Gasteiger charge is -2.27. The van der Waals surface area contributed by atoms with Gasteiger partial charge in [0.05, 0.1) is 0 Å². The van der Waals surface area contributed by atoms with Crippen LogP contribution in [-0.2, 0) is 13.0 Å². The van der Waals surface area contributed by atoms with E-state index < -0.39 is 0 Å². The zero-order valence-electron chi connectivity index (χ0n) is 10.1. The number of rotatable bonds is 1. The molecule has 0 saturated heterocycles. The maximum absolute atomic E-state index is 12.2. The minimum absolute atomic E-state index is 0.0758. The fourth-order valence-electron chi connectivity index (χ4n) is 2.19. The molecule has 0 fully saturated rings. The lowest BCUT2D eigenvalue weighted by molar-refractivity contribution is 0.0692. The average Bonchev–Trinajstić information content (AvgIpc) is 2.84. The molecule has 0 N–H and O–H groups in total. The van der Waals surface area contributed by atoms with Gasteiger partial charge in [0.1, 0.15) is 0 Å². The largest absolute Gasteiger partial charge is 0.417 e. The lowest BCUT2D eigenvalue weighted by atomic mass is 10.00. The number of carbonyl (C=O) groups excluding carboxylic acids is 1. The molecular weight excluding hydrogens is 230 g/mol. The highest BCUT2D eigenvalue weighted by atomic mass is 16.4. The van der Waals surface area contributed by atoms with Crippen LogP contribution in [0.3, 0.4) is 0 Å². The van der Waals surface area contributed by atoms with Gasteiger partial charge in [-0.05, 0) is 17.5 Å². The van der Waals surface area contributed by atoms with Gasteiger partial charge < -0.3 is 9.32 Å². The van der Waals surface area contributed by atoms with Gasteiger partial charge in [0.15, 0.2) is 0 Å². The molecule has 0 atom stereocenters. The highest BCUT2D eigenvalue weighted by Crippen LogP contribution is 2.19. The topological polar surface area (TPSA) is 59.2 Å². The molecule has 2 heterocycles. The Bertz CT molecular complexity index is 591. The van der Waals surface area contributed by atoms with Crippen LogP contribution in [0.2, 0.25) is 0 Å². The quantitative estimate of drug-likeness (QED) is 0.763. The van der Waals surface area contributed by atoms with E-state index in [0.717, 1.165) is 6.42 Å². The third-order valence-electron chi connectivity index (χ3n) is 3.13. The smallest absolute Gasteiger partial charge is 0.311 e. The van der Waals surface area contributed by atoms with Crippen molar-refractivity contribution >= 4 is 5.91 Å². The van der Waals surface area contributed by atoms with E-state index in [-0.39, 0.29) is 11.8 Å². The van der Waals surface area contributed by atoms with Crippen molar-refractivity contribution in [3.05, 3.63) is 47.2 Å². The second-order valence-electron chi connectivity index (χ2n) is 4.37. The van der Waals surface area contributed by atoms with Crippen molar-refractivity contribution in [2.75, 3.05) is 6.54 Å². The van der Waals surface area contributed by atoms with Crippen molar-refractivity contribution < 1.29 is 9.21 Å². The highest BCUT2D eigenvalue weighted by Gasteiger charge is 2.25. The van der Waals surface area contributed by atoms with Crippen molar-refractivity contribution in [2.24, 2.45) is 0 Å².